The first-order valence-corrected chi connectivity index (χ1v) is 17.5. The van der Waals surface area contributed by atoms with Gasteiger partial charge in [0.05, 0.1) is 43.3 Å². The first kappa shape index (κ1) is 36.6. The quantitative estimate of drug-likeness (QED) is 0.190. The number of carbonyl (C=O) groups excluding carboxylic acids is 2. The summed E-state index contributed by atoms with van der Waals surface area (Å²) in [5.74, 6) is -5.11. The molecule has 6 rings (SSSR count). The van der Waals surface area contributed by atoms with Gasteiger partial charge in [-0.25, -0.2) is 27.3 Å². The molecule has 3 aromatic rings. The van der Waals surface area contributed by atoms with Crippen molar-refractivity contribution in [2.75, 3.05) is 32.8 Å². The molecule has 0 aliphatic carbocycles. The fourth-order valence-electron chi connectivity index (χ4n) is 6.54. The molecule has 2 saturated heterocycles. The van der Waals surface area contributed by atoms with E-state index in [0.717, 1.165) is 10.6 Å². The second kappa shape index (κ2) is 14.8. The molecule has 3 aliphatic heterocycles. The van der Waals surface area contributed by atoms with Gasteiger partial charge < -0.3 is 14.8 Å². The van der Waals surface area contributed by atoms with E-state index in [1.165, 1.54) is 42.2 Å². The number of hydrogen-bond donors (Lipinski definition) is 1. The largest absolute Gasteiger partial charge is 0.463 e. The number of thiazole rings is 1. The Bertz CT molecular complexity index is 1810. The lowest BCUT2D eigenvalue weighted by atomic mass is 9.87. The van der Waals surface area contributed by atoms with Crippen LogP contribution in [0.2, 0.25) is 0 Å². The molecule has 4 heterocycles. The van der Waals surface area contributed by atoms with Gasteiger partial charge in [0.15, 0.2) is 10.8 Å². The number of aliphatic imine (C=N–C) groups is 1. The summed E-state index contributed by atoms with van der Waals surface area (Å²) >= 11 is 1.28. The number of carbonyl (C=O) groups is 2. The van der Waals surface area contributed by atoms with Gasteiger partial charge in [0.1, 0.15) is 30.7 Å². The molecule has 0 unspecified atom stereocenters. The second-order valence-corrected chi connectivity index (χ2v) is 14.1. The molecule has 4 atom stereocenters. The van der Waals surface area contributed by atoms with Crippen molar-refractivity contribution >= 4 is 29.1 Å². The average Bonchev–Trinajstić information content (AvgIpc) is 3.84. The predicted octanol–water partition coefficient (Wildman–Crippen LogP) is 5.54. The van der Waals surface area contributed by atoms with Crippen molar-refractivity contribution in [3.05, 3.63) is 98.9 Å². The van der Waals surface area contributed by atoms with Gasteiger partial charge in [0.25, 0.3) is 5.92 Å². The summed E-state index contributed by atoms with van der Waals surface area (Å²) in [6.45, 7) is 4.23. The Morgan fingerprint density at radius 3 is 2.63 bits per heavy atom. The van der Waals surface area contributed by atoms with Crippen molar-refractivity contribution < 1.29 is 41.5 Å². The monoisotopic (exact) mass is 729 g/mol. The summed E-state index contributed by atoms with van der Waals surface area (Å²) in [6, 6.07) is 9.91. The van der Waals surface area contributed by atoms with E-state index in [9.17, 15) is 14.0 Å². The Morgan fingerprint density at radius 2 is 1.92 bits per heavy atom. The van der Waals surface area contributed by atoms with Crippen molar-refractivity contribution in [1.29, 1.82) is 0 Å². The third-order valence-electron chi connectivity index (χ3n) is 9.49. The first-order chi connectivity index (χ1) is 24.3. The number of rotatable bonds is 12. The molecule has 10 nitrogen and oxygen atoms in total. The first-order valence-electron chi connectivity index (χ1n) is 16.6. The highest BCUT2D eigenvalue weighted by molar-refractivity contribution is 7.11. The molecule has 0 amide bonds. The number of nitrogens with zero attached hydrogens (tertiary/aromatic N) is 4. The number of alkyl halides is 3. The van der Waals surface area contributed by atoms with E-state index in [-0.39, 0.29) is 49.0 Å². The van der Waals surface area contributed by atoms with Gasteiger partial charge in [0, 0.05) is 23.8 Å². The van der Waals surface area contributed by atoms with Crippen LogP contribution in [0, 0.1) is 18.2 Å². The Labute approximate surface area is 297 Å². The Kier molecular flexibility index (Phi) is 10.6. The van der Waals surface area contributed by atoms with Crippen molar-refractivity contribution in [2.24, 2.45) is 10.4 Å². The van der Waals surface area contributed by atoms with E-state index >= 15 is 13.2 Å². The zero-order valence-corrected chi connectivity index (χ0v) is 29.4. The minimum atomic E-state index is -3.36. The number of ether oxygens (including phenoxy) is 2. The molecule has 51 heavy (non-hydrogen) atoms. The van der Waals surface area contributed by atoms with Gasteiger partial charge in [-0.2, -0.15) is 5.06 Å². The molecule has 1 aromatic heterocycles. The van der Waals surface area contributed by atoms with Gasteiger partial charge in [-0.15, -0.1) is 11.3 Å². The fourth-order valence-corrected chi connectivity index (χ4v) is 7.13. The Morgan fingerprint density at radius 1 is 1.16 bits per heavy atom. The molecule has 15 heteroatoms. The number of benzene rings is 2. The third-order valence-corrected chi connectivity index (χ3v) is 10.3. The molecule has 2 fully saturated rings. The van der Waals surface area contributed by atoms with Gasteiger partial charge in [-0.05, 0) is 50.5 Å². The number of hydroxylamine groups is 2. The SMILES string of the molecule is CCOC(=O)C1=C(CN2CC(F)(F)[C@@H]3[C@H]2CON3C[C@@H](F)C(C)(C)C(=O)OCc2ccccc2)NC(c2nccs2)=N[C@H]1c1cccc(F)c1C. The Balaban J connectivity index is 1.25. The van der Waals surface area contributed by atoms with Gasteiger partial charge >= 0.3 is 11.9 Å². The lowest BCUT2D eigenvalue weighted by molar-refractivity contribution is -0.197. The second-order valence-electron chi connectivity index (χ2n) is 13.2. The zero-order valence-electron chi connectivity index (χ0n) is 28.6. The van der Waals surface area contributed by atoms with E-state index in [1.54, 1.807) is 55.8 Å². The summed E-state index contributed by atoms with van der Waals surface area (Å²) in [7, 11) is 0. The number of hydrogen-bond acceptors (Lipinski definition) is 11. The smallest absolute Gasteiger partial charge is 0.338 e. The van der Waals surface area contributed by atoms with E-state index in [1.807, 2.05) is 6.07 Å². The standard InChI is InChI=1S/C36H39F4N5O5S/c1-5-48-33(46)28-25(42-31(32-41-14-15-51-32)43-29(28)23-12-9-13-24(37)21(23)2)16-44-20-36(39,40)30-26(44)19-50-45(30)17-27(38)35(3,4)34(47)49-18-22-10-7-6-8-11-22/h6-15,26-27,29-30H,5,16-20H2,1-4H3,(H,42,43)/t26-,27-,29+,30+/m1/s1. The van der Waals surface area contributed by atoms with Gasteiger partial charge in [-0.1, -0.05) is 42.5 Å². The van der Waals surface area contributed by atoms with Crippen molar-refractivity contribution in [1.82, 2.24) is 20.3 Å². The number of aromatic nitrogens is 1. The molecule has 0 bridgehead atoms. The van der Waals surface area contributed by atoms with Gasteiger partial charge in [-0.3, -0.25) is 19.5 Å². The van der Waals surface area contributed by atoms with Crippen LogP contribution in [-0.4, -0.2) is 89.7 Å². The molecule has 1 N–H and O–H groups in total. The minimum Gasteiger partial charge on any atom is -0.463 e. The lowest BCUT2D eigenvalue weighted by Crippen LogP contribution is -2.50. The molecule has 0 spiro atoms. The topological polar surface area (TPSA) is 106 Å². The zero-order chi connectivity index (χ0) is 36.5. The van der Waals surface area contributed by atoms with Crippen molar-refractivity contribution in [3.63, 3.8) is 0 Å². The van der Waals surface area contributed by atoms with E-state index in [4.69, 9.17) is 19.3 Å². The summed E-state index contributed by atoms with van der Waals surface area (Å²) in [6.07, 6.45) is -0.329. The normalized spacial score (nSPS) is 22.7. The average molecular weight is 730 g/mol. The van der Waals surface area contributed by atoms with E-state index < -0.39 is 66.5 Å². The number of fused-ring (bicyclic) bond motifs is 1. The maximum Gasteiger partial charge on any atom is 0.338 e. The number of likely N-dealkylation sites (tertiary alicyclic amines) is 1. The highest BCUT2D eigenvalue weighted by atomic mass is 32.1. The van der Waals surface area contributed by atoms with E-state index in [0.29, 0.717) is 10.6 Å². The predicted molar refractivity (Wildman–Crippen MR) is 181 cm³/mol. The third kappa shape index (κ3) is 7.43. The van der Waals surface area contributed by atoms with Gasteiger partial charge in [0.2, 0.25) is 0 Å². The van der Waals surface area contributed by atoms with Crippen molar-refractivity contribution in [2.45, 2.75) is 64.5 Å². The molecule has 2 aromatic carbocycles. The van der Waals surface area contributed by atoms with Crippen molar-refractivity contribution in [3.8, 4) is 0 Å². The van der Waals surface area contributed by atoms with Crippen LogP contribution < -0.4 is 5.32 Å². The molecule has 0 saturated carbocycles. The number of halogens is 4. The summed E-state index contributed by atoms with van der Waals surface area (Å²) in [5, 5.41) is 6.29. The van der Waals surface area contributed by atoms with Crippen LogP contribution in [0.5, 0.6) is 0 Å². The molecular formula is C36H39F4N5O5S. The van der Waals surface area contributed by atoms with Crippen LogP contribution in [-0.2, 0) is 30.5 Å². The number of nitrogens with one attached hydrogen (secondary N) is 1. The van der Waals surface area contributed by atoms with E-state index in [2.05, 4.69) is 10.3 Å². The maximum atomic E-state index is 15.9. The fraction of sp³-hybridized carbons (Fsp3) is 0.444. The van der Waals surface area contributed by atoms with Crippen LogP contribution in [0.3, 0.4) is 0 Å². The molecule has 272 valence electrons. The van der Waals surface area contributed by atoms with Crippen LogP contribution >= 0.6 is 11.3 Å². The Hall–Kier alpha value is -4.18. The van der Waals surface area contributed by atoms with Crippen LogP contribution in [0.1, 0.15) is 48.5 Å². The molecular weight excluding hydrogens is 690 g/mol. The number of amidine groups is 1. The molecule has 3 aliphatic rings. The molecule has 0 radical (unpaired) electrons. The summed E-state index contributed by atoms with van der Waals surface area (Å²) in [4.78, 5) is 42.8. The lowest BCUT2D eigenvalue weighted by Gasteiger charge is -2.32. The minimum absolute atomic E-state index is 0.0311. The highest BCUT2D eigenvalue weighted by Crippen LogP contribution is 2.43. The summed E-state index contributed by atoms with van der Waals surface area (Å²) in [5.41, 5.74) is 0.0311. The maximum absolute atomic E-state index is 15.9. The highest BCUT2D eigenvalue weighted by Gasteiger charge is 2.61. The van der Waals surface area contributed by atoms with Crippen LogP contribution in [0.4, 0.5) is 17.6 Å². The van der Waals surface area contributed by atoms with Crippen LogP contribution in [0.15, 0.2) is 76.4 Å². The number of esters is 2. The summed E-state index contributed by atoms with van der Waals surface area (Å²) < 4.78 is 73.3. The van der Waals surface area contributed by atoms with Crippen LogP contribution in [0.25, 0.3) is 0 Å².